The largest absolute Gasteiger partial charge is 0.480 e. The highest BCUT2D eigenvalue weighted by Gasteiger charge is 2.22. The molecule has 0 rings (SSSR count). The molecule has 0 unspecified atom stereocenters. The minimum absolute atomic E-state index is 0.109. The fraction of sp³-hybridized carbons (Fsp3) is 0.700. The molecular weight excluding hydrogens is 214 g/mol. The lowest BCUT2D eigenvalue weighted by Gasteiger charge is -2.12. The van der Waals surface area contributed by atoms with Gasteiger partial charge in [0.2, 0.25) is 5.78 Å². The Morgan fingerprint density at radius 1 is 1.31 bits per heavy atom. The van der Waals surface area contributed by atoms with Crippen molar-refractivity contribution in [3.05, 3.63) is 0 Å². The van der Waals surface area contributed by atoms with Crippen molar-refractivity contribution >= 4 is 17.7 Å². The van der Waals surface area contributed by atoms with Crippen molar-refractivity contribution in [2.75, 3.05) is 6.61 Å². The zero-order valence-corrected chi connectivity index (χ0v) is 9.23. The molecule has 0 bridgehead atoms. The van der Waals surface area contributed by atoms with Crippen LogP contribution in [0.5, 0.6) is 0 Å². The van der Waals surface area contributed by atoms with Crippen LogP contribution in [0.2, 0.25) is 0 Å². The maximum Gasteiger partial charge on any atom is 0.326 e. The first-order chi connectivity index (χ1) is 7.52. The molecule has 0 fully saturated rings. The second kappa shape index (κ2) is 7.81. The van der Waals surface area contributed by atoms with Crippen molar-refractivity contribution in [2.45, 2.75) is 38.6 Å². The normalized spacial score (nSPS) is 11.9. The third-order valence-corrected chi connectivity index (χ3v) is 2.03. The summed E-state index contributed by atoms with van der Waals surface area (Å²) in [5.74, 6) is -2.77. The summed E-state index contributed by atoms with van der Waals surface area (Å²) in [4.78, 5) is 33.1. The molecule has 16 heavy (non-hydrogen) atoms. The van der Waals surface area contributed by atoms with Crippen LogP contribution in [0.15, 0.2) is 0 Å². The van der Waals surface area contributed by atoms with Crippen molar-refractivity contribution in [3.8, 4) is 0 Å². The number of aliphatic hydroxyl groups is 1. The van der Waals surface area contributed by atoms with E-state index in [9.17, 15) is 14.4 Å². The van der Waals surface area contributed by atoms with Gasteiger partial charge in [-0.2, -0.15) is 0 Å². The molecule has 0 saturated heterocycles. The Hall–Kier alpha value is -1.43. The number of hydrogen-bond donors (Lipinski definition) is 3. The molecule has 1 amide bonds. The summed E-state index contributed by atoms with van der Waals surface area (Å²) in [5, 5.41) is 19.3. The maximum atomic E-state index is 11.2. The molecule has 0 aliphatic rings. The molecule has 6 heteroatoms. The highest BCUT2D eigenvalue weighted by Crippen LogP contribution is 1.97. The number of rotatable bonds is 8. The lowest BCUT2D eigenvalue weighted by Crippen LogP contribution is -2.44. The number of Topliss-reactive ketones (excluding diaryl/α,β-unsaturated/α-hetero) is 1. The van der Waals surface area contributed by atoms with Crippen molar-refractivity contribution in [2.24, 2.45) is 0 Å². The van der Waals surface area contributed by atoms with Crippen LogP contribution in [0.3, 0.4) is 0 Å². The fourth-order valence-electron chi connectivity index (χ4n) is 1.08. The molecule has 92 valence electrons. The topological polar surface area (TPSA) is 104 Å². The van der Waals surface area contributed by atoms with Crippen LogP contribution in [0.1, 0.15) is 32.6 Å². The molecule has 0 saturated carbocycles. The number of carboxylic acids is 1. The van der Waals surface area contributed by atoms with Gasteiger partial charge in [0.05, 0.1) is 0 Å². The number of nitrogens with one attached hydrogen (secondary N) is 1. The van der Waals surface area contributed by atoms with E-state index in [2.05, 4.69) is 5.32 Å². The summed E-state index contributed by atoms with van der Waals surface area (Å²) < 4.78 is 0. The molecule has 0 aliphatic carbocycles. The molecule has 1 atom stereocenters. The Balaban J connectivity index is 4.18. The highest BCUT2D eigenvalue weighted by atomic mass is 16.4. The SMILES string of the molecule is CCCCC(=O)C(=O)N[C@@H](CCO)C(=O)O. The first-order valence-corrected chi connectivity index (χ1v) is 5.20. The van der Waals surface area contributed by atoms with E-state index in [-0.39, 0.29) is 19.4 Å². The van der Waals surface area contributed by atoms with Gasteiger partial charge in [0, 0.05) is 19.4 Å². The number of carboxylic acid groups (broad SMARTS) is 1. The van der Waals surface area contributed by atoms with Gasteiger partial charge in [0.15, 0.2) is 0 Å². The van der Waals surface area contributed by atoms with Crippen LogP contribution in [0.4, 0.5) is 0 Å². The van der Waals surface area contributed by atoms with Crippen LogP contribution in [-0.2, 0) is 14.4 Å². The lowest BCUT2D eigenvalue weighted by atomic mass is 10.1. The van der Waals surface area contributed by atoms with Crippen LogP contribution in [0, 0.1) is 0 Å². The third kappa shape index (κ3) is 5.45. The van der Waals surface area contributed by atoms with Gasteiger partial charge < -0.3 is 15.5 Å². The number of carbonyl (C=O) groups excluding carboxylic acids is 2. The fourth-order valence-corrected chi connectivity index (χ4v) is 1.08. The van der Waals surface area contributed by atoms with E-state index in [0.29, 0.717) is 6.42 Å². The second-order valence-corrected chi connectivity index (χ2v) is 3.40. The smallest absolute Gasteiger partial charge is 0.326 e. The van der Waals surface area contributed by atoms with E-state index < -0.39 is 23.7 Å². The number of aliphatic carboxylic acids is 1. The quantitative estimate of drug-likeness (QED) is 0.497. The number of ketones is 1. The molecule has 0 heterocycles. The summed E-state index contributed by atoms with van der Waals surface area (Å²) in [7, 11) is 0. The van der Waals surface area contributed by atoms with E-state index in [0.717, 1.165) is 6.42 Å². The van der Waals surface area contributed by atoms with Gasteiger partial charge in [-0.1, -0.05) is 13.3 Å². The number of aliphatic hydroxyl groups excluding tert-OH is 1. The maximum absolute atomic E-state index is 11.2. The van der Waals surface area contributed by atoms with Crippen molar-refractivity contribution in [1.82, 2.24) is 5.32 Å². The molecule has 0 aliphatic heterocycles. The first kappa shape index (κ1) is 14.6. The van der Waals surface area contributed by atoms with Gasteiger partial charge in [0.25, 0.3) is 5.91 Å². The molecule has 0 radical (unpaired) electrons. The monoisotopic (exact) mass is 231 g/mol. The zero-order valence-electron chi connectivity index (χ0n) is 9.23. The molecule has 3 N–H and O–H groups in total. The predicted molar refractivity (Wildman–Crippen MR) is 55.8 cm³/mol. The number of hydrogen-bond acceptors (Lipinski definition) is 4. The van der Waals surface area contributed by atoms with Gasteiger partial charge in [0.1, 0.15) is 6.04 Å². The van der Waals surface area contributed by atoms with Crippen LogP contribution < -0.4 is 5.32 Å². The average molecular weight is 231 g/mol. The van der Waals surface area contributed by atoms with Gasteiger partial charge in [-0.3, -0.25) is 9.59 Å². The van der Waals surface area contributed by atoms with Crippen molar-refractivity contribution < 1.29 is 24.6 Å². The van der Waals surface area contributed by atoms with Gasteiger partial charge in [-0.15, -0.1) is 0 Å². The van der Waals surface area contributed by atoms with E-state index in [1.165, 1.54) is 0 Å². The van der Waals surface area contributed by atoms with E-state index >= 15 is 0 Å². The Labute approximate surface area is 93.6 Å². The Bertz CT molecular complexity index is 264. The summed E-state index contributed by atoms with van der Waals surface area (Å²) in [6, 6.07) is -1.21. The van der Waals surface area contributed by atoms with E-state index in [1.807, 2.05) is 6.92 Å². The Morgan fingerprint density at radius 3 is 2.38 bits per heavy atom. The summed E-state index contributed by atoms with van der Waals surface area (Å²) in [6.07, 6.45) is 1.40. The molecule has 0 aromatic heterocycles. The van der Waals surface area contributed by atoms with Gasteiger partial charge >= 0.3 is 5.97 Å². The summed E-state index contributed by atoms with van der Waals surface area (Å²) >= 11 is 0. The minimum atomic E-state index is -1.26. The summed E-state index contributed by atoms with van der Waals surface area (Å²) in [5.41, 5.74) is 0. The second-order valence-electron chi connectivity index (χ2n) is 3.40. The molecule has 0 spiro atoms. The van der Waals surface area contributed by atoms with Crippen LogP contribution >= 0.6 is 0 Å². The molecule has 0 aromatic rings. The number of unbranched alkanes of at least 4 members (excludes halogenated alkanes) is 1. The third-order valence-electron chi connectivity index (χ3n) is 2.03. The van der Waals surface area contributed by atoms with Gasteiger partial charge in [-0.25, -0.2) is 4.79 Å². The Kier molecular flexibility index (Phi) is 7.11. The molecule has 6 nitrogen and oxygen atoms in total. The average Bonchev–Trinajstić information content (AvgIpc) is 2.24. The Morgan fingerprint density at radius 2 is 1.94 bits per heavy atom. The molecule has 0 aromatic carbocycles. The van der Waals surface area contributed by atoms with Crippen molar-refractivity contribution in [3.63, 3.8) is 0 Å². The van der Waals surface area contributed by atoms with Gasteiger partial charge in [-0.05, 0) is 6.42 Å². The minimum Gasteiger partial charge on any atom is -0.480 e. The molecular formula is C10H17NO5. The zero-order chi connectivity index (χ0) is 12.6. The number of carbonyl (C=O) groups is 3. The predicted octanol–water partition coefficient (Wildman–Crippen LogP) is -0.302. The first-order valence-electron chi connectivity index (χ1n) is 5.20. The van der Waals surface area contributed by atoms with E-state index in [1.54, 1.807) is 0 Å². The summed E-state index contributed by atoms with van der Waals surface area (Å²) in [6.45, 7) is 1.53. The highest BCUT2D eigenvalue weighted by molar-refractivity contribution is 6.36. The number of amides is 1. The van der Waals surface area contributed by atoms with Crippen LogP contribution in [-0.4, -0.2) is 40.5 Å². The van der Waals surface area contributed by atoms with Crippen LogP contribution in [0.25, 0.3) is 0 Å². The standard InChI is InChI=1S/C10H17NO5/c1-2-3-4-8(13)9(14)11-7(5-6-12)10(15)16/h7,12H,2-6H2,1H3,(H,11,14)(H,15,16)/t7-/m0/s1. The lowest BCUT2D eigenvalue weighted by molar-refractivity contribution is -0.144. The van der Waals surface area contributed by atoms with E-state index in [4.69, 9.17) is 10.2 Å². The van der Waals surface area contributed by atoms with Crippen molar-refractivity contribution in [1.29, 1.82) is 0 Å².